The Morgan fingerprint density at radius 3 is 2.82 bits per heavy atom. The SMILES string of the molecule is C#CCOCc1ccncc1. The van der Waals surface area contributed by atoms with Crippen molar-refractivity contribution in [1.82, 2.24) is 4.98 Å². The summed E-state index contributed by atoms with van der Waals surface area (Å²) >= 11 is 0. The lowest BCUT2D eigenvalue weighted by atomic mass is 10.3. The molecule has 0 fully saturated rings. The maximum atomic E-state index is 5.10. The van der Waals surface area contributed by atoms with Crippen LogP contribution in [0.2, 0.25) is 0 Å². The van der Waals surface area contributed by atoms with Crippen LogP contribution in [0, 0.1) is 12.3 Å². The molecule has 0 aliphatic rings. The zero-order valence-corrected chi connectivity index (χ0v) is 6.16. The molecular formula is C9H9NO. The van der Waals surface area contributed by atoms with Gasteiger partial charge in [0, 0.05) is 12.4 Å². The molecule has 0 radical (unpaired) electrons. The Morgan fingerprint density at radius 2 is 2.18 bits per heavy atom. The van der Waals surface area contributed by atoms with Gasteiger partial charge in [0.1, 0.15) is 6.61 Å². The summed E-state index contributed by atoms with van der Waals surface area (Å²) in [7, 11) is 0. The summed E-state index contributed by atoms with van der Waals surface area (Å²) in [5, 5.41) is 0. The second kappa shape index (κ2) is 4.48. The van der Waals surface area contributed by atoms with Crippen LogP contribution in [0.15, 0.2) is 24.5 Å². The number of ether oxygens (including phenoxy) is 1. The van der Waals surface area contributed by atoms with Crippen LogP contribution in [-0.2, 0) is 11.3 Å². The number of aromatic nitrogens is 1. The van der Waals surface area contributed by atoms with E-state index in [2.05, 4.69) is 10.9 Å². The Bertz CT molecular complexity index is 237. The number of hydrogen-bond donors (Lipinski definition) is 0. The van der Waals surface area contributed by atoms with Crippen molar-refractivity contribution >= 4 is 0 Å². The van der Waals surface area contributed by atoms with Crippen molar-refractivity contribution in [2.75, 3.05) is 6.61 Å². The number of terminal acetylenes is 1. The minimum Gasteiger partial charge on any atom is -0.364 e. The molecule has 0 amide bonds. The maximum Gasteiger partial charge on any atom is 0.107 e. The molecule has 11 heavy (non-hydrogen) atoms. The van der Waals surface area contributed by atoms with E-state index in [1.807, 2.05) is 12.1 Å². The molecular weight excluding hydrogens is 138 g/mol. The summed E-state index contributed by atoms with van der Waals surface area (Å²) in [5.74, 6) is 2.40. The number of pyridine rings is 1. The van der Waals surface area contributed by atoms with Gasteiger partial charge in [0.2, 0.25) is 0 Å². The molecule has 1 aromatic rings. The lowest BCUT2D eigenvalue weighted by Crippen LogP contribution is -1.92. The Kier molecular flexibility index (Phi) is 3.17. The predicted molar refractivity (Wildman–Crippen MR) is 42.7 cm³/mol. The fourth-order valence-corrected chi connectivity index (χ4v) is 0.707. The first-order chi connectivity index (χ1) is 5.43. The van der Waals surface area contributed by atoms with Crippen LogP contribution < -0.4 is 0 Å². The van der Waals surface area contributed by atoms with Gasteiger partial charge in [0.15, 0.2) is 0 Å². The van der Waals surface area contributed by atoms with Gasteiger partial charge in [-0.1, -0.05) is 5.92 Å². The average Bonchev–Trinajstić information content (AvgIpc) is 2.07. The first kappa shape index (κ1) is 7.77. The molecule has 0 saturated heterocycles. The molecule has 0 spiro atoms. The largest absolute Gasteiger partial charge is 0.364 e. The number of hydrogen-bond acceptors (Lipinski definition) is 2. The molecule has 0 unspecified atom stereocenters. The van der Waals surface area contributed by atoms with Crippen molar-refractivity contribution in [3.8, 4) is 12.3 Å². The fraction of sp³-hybridized carbons (Fsp3) is 0.222. The summed E-state index contributed by atoms with van der Waals surface area (Å²) in [6.45, 7) is 0.926. The number of nitrogens with zero attached hydrogens (tertiary/aromatic N) is 1. The Hall–Kier alpha value is -1.33. The van der Waals surface area contributed by atoms with Crippen molar-refractivity contribution in [2.24, 2.45) is 0 Å². The topological polar surface area (TPSA) is 22.1 Å². The Labute approximate surface area is 66.2 Å². The fourth-order valence-electron chi connectivity index (χ4n) is 0.707. The zero-order valence-electron chi connectivity index (χ0n) is 6.16. The molecule has 0 N–H and O–H groups in total. The van der Waals surface area contributed by atoms with E-state index in [4.69, 9.17) is 11.2 Å². The third-order valence-corrected chi connectivity index (χ3v) is 1.20. The highest BCUT2D eigenvalue weighted by atomic mass is 16.5. The minimum atomic E-state index is 0.363. The molecule has 1 heterocycles. The highest BCUT2D eigenvalue weighted by Gasteiger charge is 1.88. The quantitative estimate of drug-likeness (QED) is 0.474. The summed E-state index contributed by atoms with van der Waals surface area (Å²) in [6.07, 6.45) is 8.47. The van der Waals surface area contributed by atoms with Gasteiger partial charge in [-0.15, -0.1) is 6.42 Å². The van der Waals surface area contributed by atoms with Gasteiger partial charge in [-0.2, -0.15) is 0 Å². The van der Waals surface area contributed by atoms with Crippen LogP contribution in [0.25, 0.3) is 0 Å². The molecule has 0 saturated carbocycles. The first-order valence-corrected chi connectivity index (χ1v) is 3.33. The molecule has 0 aliphatic carbocycles. The zero-order chi connectivity index (χ0) is 7.94. The van der Waals surface area contributed by atoms with Crippen LogP contribution in [0.5, 0.6) is 0 Å². The van der Waals surface area contributed by atoms with E-state index in [-0.39, 0.29) is 0 Å². The van der Waals surface area contributed by atoms with Gasteiger partial charge in [-0.25, -0.2) is 0 Å². The van der Waals surface area contributed by atoms with Gasteiger partial charge in [-0.3, -0.25) is 4.98 Å². The Morgan fingerprint density at radius 1 is 1.45 bits per heavy atom. The third-order valence-electron chi connectivity index (χ3n) is 1.20. The van der Waals surface area contributed by atoms with Crippen LogP contribution in [0.4, 0.5) is 0 Å². The van der Waals surface area contributed by atoms with Crippen LogP contribution >= 0.6 is 0 Å². The maximum absolute atomic E-state index is 5.10. The smallest absolute Gasteiger partial charge is 0.107 e. The lowest BCUT2D eigenvalue weighted by molar-refractivity contribution is 0.153. The standard InChI is InChI=1S/C9H9NO/c1-2-7-11-8-9-3-5-10-6-4-9/h1,3-6H,7-8H2. The molecule has 1 aromatic heterocycles. The second-order valence-corrected chi connectivity index (χ2v) is 2.05. The summed E-state index contributed by atoms with van der Waals surface area (Å²) in [5.41, 5.74) is 1.09. The molecule has 0 aliphatic heterocycles. The van der Waals surface area contributed by atoms with Crippen molar-refractivity contribution < 1.29 is 4.74 Å². The van der Waals surface area contributed by atoms with E-state index < -0.39 is 0 Å². The van der Waals surface area contributed by atoms with E-state index in [1.54, 1.807) is 12.4 Å². The summed E-state index contributed by atoms with van der Waals surface area (Å²) < 4.78 is 5.10. The molecule has 56 valence electrons. The predicted octanol–water partition coefficient (Wildman–Crippen LogP) is 1.23. The van der Waals surface area contributed by atoms with Crippen LogP contribution in [0.1, 0.15) is 5.56 Å². The van der Waals surface area contributed by atoms with Crippen LogP contribution in [0.3, 0.4) is 0 Å². The van der Waals surface area contributed by atoms with Gasteiger partial charge in [0.05, 0.1) is 6.61 Å². The van der Waals surface area contributed by atoms with E-state index >= 15 is 0 Å². The van der Waals surface area contributed by atoms with Crippen LogP contribution in [-0.4, -0.2) is 11.6 Å². The minimum absolute atomic E-state index is 0.363. The van der Waals surface area contributed by atoms with E-state index in [9.17, 15) is 0 Å². The number of rotatable bonds is 3. The average molecular weight is 147 g/mol. The first-order valence-electron chi connectivity index (χ1n) is 3.33. The highest BCUT2D eigenvalue weighted by molar-refractivity contribution is 5.08. The molecule has 2 nitrogen and oxygen atoms in total. The van der Waals surface area contributed by atoms with E-state index in [0.717, 1.165) is 5.56 Å². The molecule has 1 rings (SSSR count). The van der Waals surface area contributed by atoms with Gasteiger partial charge in [0.25, 0.3) is 0 Å². The molecule has 0 atom stereocenters. The molecule has 2 heteroatoms. The second-order valence-electron chi connectivity index (χ2n) is 2.05. The van der Waals surface area contributed by atoms with Gasteiger partial charge in [-0.05, 0) is 17.7 Å². The van der Waals surface area contributed by atoms with Crippen molar-refractivity contribution in [3.63, 3.8) is 0 Å². The van der Waals surface area contributed by atoms with Crippen molar-refractivity contribution in [3.05, 3.63) is 30.1 Å². The normalized spacial score (nSPS) is 9.00. The lowest BCUT2D eigenvalue weighted by Gasteiger charge is -1.98. The Balaban J connectivity index is 2.35. The van der Waals surface area contributed by atoms with E-state index in [1.165, 1.54) is 0 Å². The molecule has 0 aromatic carbocycles. The van der Waals surface area contributed by atoms with Crippen molar-refractivity contribution in [1.29, 1.82) is 0 Å². The third kappa shape index (κ3) is 2.83. The molecule has 0 bridgehead atoms. The van der Waals surface area contributed by atoms with Crippen molar-refractivity contribution in [2.45, 2.75) is 6.61 Å². The van der Waals surface area contributed by atoms with E-state index in [0.29, 0.717) is 13.2 Å². The highest BCUT2D eigenvalue weighted by Crippen LogP contribution is 1.97. The van der Waals surface area contributed by atoms with Gasteiger partial charge >= 0.3 is 0 Å². The monoisotopic (exact) mass is 147 g/mol. The summed E-state index contributed by atoms with van der Waals surface area (Å²) in [4.78, 5) is 3.88. The van der Waals surface area contributed by atoms with Gasteiger partial charge < -0.3 is 4.74 Å². The summed E-state index contributed by atoms with van der Waals surface area (Å²) in [6, 6.07) is 3.80.